The summed E-state index contributed by atoms with van der Waals surface area (Å²) in [5, 5.41) is 0.688. The standard InChI is InChI=1S/C16H16ClN3O/c1-11(21)20-10-2-3-15(20)14-8-9-18-16(19-14)12-4-6-13(17)7-5-12/h4-9,15H,2-3,10H2,1H3. The van der Waals surface area contributed by atoms with Gasteiger partial charge in [0.1, 0.15) is 0 Å². The molecular weight excluding hydrogens is 286 g/mol. The van der Waals surface area contributed by atoms with E-state index in [9.17, 15) is 4.79 Å². The number of carbonyl (C=O) groups is 1. The first-order valence-electron chi connectivity index (χ1n) is 7.01. The van der Waals surface area contributed by atoms with Gasteiger partial charge >= 0.3 is 0 Å². The largest absolute Gasteiger partial charge is 0.334 e. The molecule has 0 spiro atoms. The minimum atomic E-state index is 0.0663. The number of carbonyl (C=O) groups excluding carboxylic acids is 1. The molecule has 4 nitrogen and oxygen atoms in total. The molecule has 21 heavy (non-hydrogen) atoms. The predicted molar refractivity (Wildman–Crippen MR) is 81.8 cm³/mol. The van der Waals surface area contributed by atoms with Crippen LogP contribution in [0.25, 0.3) is 11.4 Å². The molecule has 1 aliphatic rings. The Morgan fingerprint density at radius 3 is 2.76 bits per heavy atom. The van der Waals surface area contributed by atoms with Gasteiger partial charge in [-0.2, -0.15) is 0 Å². The number of benzene rings is 1. The first-order chi connectivity index (χ1) is 10.1. The molecule has 0 saturated carbocycles. The Morgan fingerprint density at radius 2 is 2.05 bits per heavy atom. The lowest BCUT2D eigenvalue weighted by Gasteiger charge is -2.22. The second kappa shape index (κ2) is 5.82. The van der Waals surface area contributed by atoms with Gasteiger partial charge in [-0.3, -0.25) is 4.79 Å². The van der Waals surface area contributed by atoms with Gasteiger partial charge < -0.3 is 4.90 Å². The van der Waals surface area contributed by atoms with E-state index in [4.69, 9.17) is 11.6 Å². The quantitative estimate of drug-likeness (QED) is 0.853. The van der Waals surface area contributed by atoms with E-state index in [-0.39, 0.29) is 11.9 Å². The average molecular weight is 302 g/mol. The van der Waals surface area contributed by atoms with E-state index in [1.807, 2.05) is 35.2 Å². The van der Waals surface area contributed by atoms with E-state index in [2.05, 4.69) is 9.97 Å². The Bertz CT molecular complexity index is 657. The maximum Gasteiger partial charge on any atom is 0.220 e. The number of likely N-dealkylation sites (tertiary alicyclic amines) is 1. The average Bonchev–Trinajstić information content (AvgIpc) is 2.98. The monoisotopic (exact) mass is 301 g/mol. The Hall–Kier alpha value is -1.94. The summed E-state index contributed by atoms with van der Waals surface area (Å²) in [6.07, 6.45) is 3.73. The maximum atomic E-state index is 11.7. The molecule has 1 aromatic carbocycles. The second-order valence-corrected chi connectivity index (χ2v) is 5.62. The summed E-state index contributed by atoms with van der Waals surface area (Å²) in [6.45, 7) is 2.42. The van der Waals surface area contributed by atoms with Crippen LogP contribution < -0.4 is 0 Å². The maximum absolute atomic E-state index is 11.7. The molecule has 1 atom stereocenters. The highest BCUT2D eigenvalue weighted by atomic mass is 35.5. The molecule has 1 unspecified atom stereocenters. The predicted octanol–water partition coefficient (Wildman–Crippen LogP) is 3.48. The summed E-state index contributed by atoms with van der Waals surface area (Å²) in [5.41, 5.74) is 1.83. The van der Waals surface area contributed by atoms with Crippen molar-refractivity contribution < 1.29 is 4.79 Å². The third-order valence-corrected chi connectivity index (χ3v) is 4.03. The molecule has 1 saturated heterocycles. The highest BCUT2D eigenvalue weighted by molar-refractivity contribution is 6.30. The Kier molecular flexibility index (Phi) is 3.88. The summed E-state index contributed by atoms with van der Waals surface area (Å²) in [5.74, 6) is 0.767. The molecule has 0 radical (unpaired) electrons. The Labute approximate surface area is 128 Å². The van der Waals surface area contributed by atoms with E-state index >= 15 is 0 Å². The molecule has 0 bridgehead atoms. The van der Waals surface area contributed by atoms with Gasteiger partial charge in [0.15, 0.2) is 5.82 Å². The van der Waals surface area contributed by atoms with Crippen LogP contribution in [0.5, 0.6) is 0 Å². The summed E-state index contributed by atoms with van der Waals surface area (Å²) >= 11 is 5.90. The van der Waals surface area contributed by atoms with Crippen LogP contribution in [0, 0.1) is 0 Å². The van der Waals surface area contributed by atoms with E-state index in [1.54, 1.807) is 13.1 Å². The van der Waals surface area contributed by atoms with Crippen LogP contribution in [0.4, 0.5) is 0 Å². The van der Waals surface area contributed by atoms with Crippen molar-refractivity contribution in [2.75, 3.05) is 6.54 Å². The topological polar surface area (TPSA) is 46.1 Å². The number of hydrogen-bond acceptors (Lipinski definition) is 3. The SMILES string of the molecule is CC(=O)N1CCCC1c1ccnc(-c2ccc(Cl)cc2)n1. The number of hydrogen-bond donors (Lipinski definition) is 0. The van der Waals surface area contributed by atoms with Gasteiger partial charge in [0.2, 0.25) is 5.91 Å². The lowest BCUT2D eigenvalue weighted by Crippen LogP contribution is -2.28. The van der Waals surface area contributed by atoms with E-state index in [0.717, 1.165) is 30.6 Å². The molecule has 108 valence electrons. The summed E-state index contributed by atoms with van der Waals surface area (Å²) in [4.78, 5) is 22.5. The molecule has 0 aliphatic carbocycles. The highest BCUT2D eigenvalue weighted by Crippen LogP contribution is 2.31. The number of aromatic nitrogens is 2. The highest BCUT2D eigenvalue weighted by Gasteiger charge is 2.29. The molecule has 2 heterocycles. The van der Waals surface area contributed by atoms with Gasteiger partial charge in [-0.1, -0.05) is 11.6 Å². The van der Waals surface area contributed by atoms with Crippen LogP contribution in [0.15, 0.2) is 36.5 Å². The third-order valence-electron chi connectivity index (χ3n) is 3.78. The normalized spacial score (nSPS) is 18.0. The Morgan fingerprint density at radius 1 is 1.29 bits per heavy atom. The van der Waals surface area contributed by atoms with Crippen molar-refractivity contribution in [2.45, 2.75) is 25.8 Å². The summed E-state index contributed by atoms with van der Waals surface area (Å²) in [6, 6.07) is 9.41. The Balaban J connectivity index is 1.93. The fraction of sp³-hybridized carbons (Fsp3) is 0.312. The minimum Gasteiger partial charge on any atom is -0.334 e. The van der Waals surface area contributed by atoms with Crippen molar-refractivity contribution in [1.29, 1.82) is 0 Å². The third kappa shape index (κ3) is 2.90. The van der Waals surface area contributed by atoms with Gasteiger partial charge in [0.05, 0.1) is 11.7 Å². The van der Waals surface area contributed by atoms with Gasteiger partial charge in [-0.05, 0) is 43.2 Å². The van der Waals surface area contributed by atoms with E-state index in [1.165, 1.54) is 0 Å². The molecule has 5 heteroatoms. The van der Waals surface area contributed by atoms with Crippen molar-refractivity contribution in [3.63, 3.8) is 0 Å². The molecule has 3 rings (SSSR count). The molecule has 1 aromatic heterocycles. The van der Waals surface area contributed by atoms with Gasteiger partial charge in [0.25, 0.3) is 0 Å². The van der Waals surface area contributed by atoms with Gasteiger partial charge in [0, 0.05) is 30.3 Å². The van der Waals surface area contributed by atoms with Crippen molar-refractivity contribution in [1.82, 2.24) is 14.9 Å². The zero-order chi connectivity index (χ0) is 14.8. The van der Waals surface area contributed by atoms with E-state index < -0.39 is 0 Å². The van der Waals surface area contributed by atoms with Crippen LogP contribution in [0.3, 0.4) is 0 Å². The smallest absolute Gasteiger partial charge is 0.220 e. The number of amides is 1. The number of nitrogens with zero attached hydrogens (tertiary/aromatic N) is 3. The fourth-order valence-electron chi connectivity index (χ4n) is 2.75. The van der Waals surface area contributed by atoms with Crippen molar-refractivity contribution >= 4 is 17.5 Å². The second-order valence-electron chi connectivity index (χ2n) is 5.18. The number of rotatable bonds is 2. The van der Waals surface area contributed by atoms with Gasteiger partial charge in [-0.15, -0.1) is 0 Å². The van der Waals surface area contributed by atoms with Crippen LogP contribution in [0.1, 0.15) is 31.5 Å². The molecule has 2 aromatic rings. The van der Waals surface area contributed by atoms with E-state index in [0.29, 0.717) is 10.8 Å². The number of halogens is 1. The minimum absolute atomic E-state index is 0.0663. The molecule has 1 aliphatic heterocycles. The van der Waals surface area contributed by atoms with Crippen LogP contribution in [-0.2, 0) is 4.79 Å². The summed E-state index contributed by atoms with van der Waals surface area (Å²) in [7, 11) is 0. The van der Waals surface area contributed by atoms with Gasteiger partial charge in [-0.25, -0.2) is 9.97 Å². The zero-order valence-electron chi connectivity index (χ0n) is 11.8. The molecule has 0 N–H and O–H groups in total. The van der Waals surface area contributed by atoms with Crippen molar-refractivity contribution in [3.05, 3.63) is 47.2 Å². The van der Waals surface area contributed by atoms with Crippen molar-refractivity contribution in [2.24, 2.45) is 0 Å². The molecular formula is C16H16ClN3O. The van der Waals surface area contributed by atoms with Crippen LogP contribution >= 0.6 is 11.6 Å². The van der Waals surface area contributed by atoms with Crippen LogP contribution in [0.2, 0.25) is 5.02 Å². The zero-order valence-corrected chi connectivity index (χ0v) is 12.5. The molecule has 1 amide bonds. The lowest BCUT2D eigenvalue weighted by atomic mass is 10.1. The van der Waals surface area contributed by atoms with Crippen LogP contribution in [-0.4, -0.2) is 27.3 Å². The van der Waals surface area contributed by atoms with Crippen molar-refractivity contribution in [3.8, 4) is 11.4 Å². The lowest BCUT2D eigenvalue weighted by molar-refractivity contribution is -0.129. The molecule has 1 fully saturated rings. The summed E-state index contributed by atoms with van der Waals surface area (Å²) < 4.78 is 0. The first-order valence-corrected chi connectivity index (χ1v) is 7.39. The fourth-order valence-corrected chi connectivity index (χ4v) is 2.87. The first kappa shape index (κ1) is 14.0.